The number of nitrogens with one attached hydrogen (secondary N) is 1. The van der Waals surface area contributed by atoms with Crippen molar-refractivity contribution in [3.8, 4) is 5.75 Å². The van der Waals surface area contributed by atoms with Crippen LogP contribution < -0.4 is 15.2 Å². The lowest BCUT2D eigenvalue weighted by atomic mass is 10.2. The molecule has 116 valence electrons. The van der Waals surface area contributed by atoms with Gasteiger partial charge in [0.25, 0.3) is 0 Å². The molecule has 0 saturated carbocycles. The summed E-state index contributed by atoms with van der Waals surface area (Å²) in [6, 6.07) is 11.8. The molecule has 5 nitrogen and oxygen atoms in total. The molecule has 3 rings (SSSR count). The molecule has 0 unspecified atom stereocenters. The third-order valence-electron chi connectivity index (χ3n) is 4.04. The van der Waals surface area contributed by atoms with Crippen LogP contribution in [0.3, 0.4) is 0 Å². The Morgan fingerprint density at radius 2 is 1.95 bits per heavy atom. The monoisotopic (exact) mass is 299 g/mol. The van der Waals surface area contributed by atoms with Crippen molar-refractivity contribution in [1.29, 1.82) is 0 Å². The van der Waals surface area contributed by atoms with Crippen molar-refractivity contribution in [2.75, 3.05) is 38.2 Å². The Bertz CT molecular complexity index is 675. The van der Waals surface area contributed by atoms with E-state index in [0.29, 0.717) is 0 Å². The van der Waals surface area contributed by atoms with Crippen LogP contribution in [0.1, 0.15) is 5.56 Å². The van der Waals surface area contributed by atoms with E-state index in [0.717, 1.165) is 44.0 Å². The fraction of sp³-hybridized carbons (Fsp3) is 0.353. The van der Waals surface area contributed by atoms with Gasteiger partial charge in [-0.1, -0.05) is 6.07 Å². The topological polar surface area (TPSA) is 48.6 Å². The number of pyridine rings is 1. The van der Waals surface area contributed by atoms with Gasteiger partial charge in [0, 0.05) is 56.7 Å². The highest BCUT2D eigenvalue weighted by Gasteiger charge is 2.17. The Labute approximate surface area is 130 Å². The summed E-state index contributed by atoms with van der Waals surface area (Å²) in [6.07, 6.45) is 1.71. The third kappa shape index (κ3) is 3.49. The number of benzene rings is 1. The summed E-state index contributed by atoms with van der Waals surface area (Å²) in [6.45, 7) is 4.77. The van der Waals surface area contributed by atoms with E-state index in [2.05, 4.69) is 26.9 Å². The number of hydrogen-bond donors (Lipinski definition) is 1. The molecular weight excluding hydrogens is 278 g/mol. The van der Waals surface area contributed by atoms with Crippen molar-refractivity contribution in [2.24, 2.45) is 0 Å². The Balaban J connectivity index is 1.59. The summed E-state index contributed by atoms with van der Waals surface area (Å²) in [5.74, 6) is 0.892. The lowest BCUT2D eigenvalue weighted by Gasteiger charge is -2.36. The minimum Gasteiger partial charge on any atom is -0.497 e. The maximum atomic E-state index is 11.3. The molecule has 22 heavy (non-hydrogen) atoms. The standard InChI is InChI=1S/C17H21N3O2/c1-22-16-4-2-3-15(12-16)20-9-7-19(8-10-20)13-14-5-6-18-17(21)11-14/h2-6,11-12H,7-10,13H2,1H3,(H,18,21). The fourth-order valence-corrected chi connectivity index (χ4v) is 2.82. The maximum Gasteiger partial charge on any atom is 0.248 e. The normalized spacial score (nSPS) is 15.8. The van der Waals surface area contributed by atoms with Crippen LogP contribution in [0.5, 0.6) is 5.75 Å². The molecule has 1 N–H and O–H groups in total. The molecule has 0 bridgehead atoms. The summed E-state index contributed by atoms with van der Waals surface area (Å²) in [4.78, 5) is 18.7. The smallest absolute Gasteiger partial charge is 0.248 e. The van der Waals surface area contributed by atoms with E-state index in [1.54, 1.807) is 19.4 Å². The second-order valence-electron chi connectivity index (χ2n) is 5.53. The molecule has 1 saturated heterocycles. The Hall–Kier alpha value is -2.27. The van der Waals surface area contributed by atoms with E-state index in [4.69, 9.17) is 4.74 Å². The number of H-pyrrole nitrogens is 1. The highest BCUT2D eigenvalue weighted by molar-refractivity contribution is 5.51. The molecule has 0 aliphatic carbocycles. The average molecular weight is 299 g/mol. The van der Waals surface area contributed by atoms with Gasteiger partial charge in [-0.2, -0.15) is 0 Å². The van der Waals surface area contributed by atoms with Gasteiger partial charge in [-0.3, -0.25) is 9.69 Å². The number of hydrogen-bond acceptors (Lipinski definition) is 4. The largest absolute Gasteiger partial charge is 0.497 e. The average Bonchev–Trinajstić information content (AvgIpc) is 2.56. The van der Waals surface area contributed by atoms with Crippen molar-refractivity contribution >= 4 is 5.69 Å². The molecule has 0 atom stereocenters. The summed E-state index contributed by atoms with van der Waals surface area (Å²) < 4.78 is 5.29. The Kier molecular flexibility index (Phi) is 4.44. The van der Waals surface area contributed by atoms with Gasteiger partial charge < -0.3 is 14.6 Å². The summed E-state index contributed by atoms with van der Waals surface area (Å²) >= 11 is 0. The van der Waals surface area contributed by atoms with Crippen LogP contribution in [-0.4, -0.2) is 43.2 Å². The minimum atomic E-state index is -0.0347. The van der Waals surface area contributed by atoms with Gasteiger partial charge in [-0.25, -0.2) is 0 Å². The molecule has 0 spiro atoms. The quantitative estimate of drug-likeness (QED) is 0.933. The van der Waals surface area contributed by atoms with E-state index in [1.165, 1.54) is 5.69 Å². The van der Waals surface area contributed by atoms with Crippen molar-refractivity contribution in [2.45, 2.75) is 6.54 Å². The van der Waals surface area contributed by atoms with Crippen LogP contribution in [0.25, 0.3) is 0 Å². The molecular formula is C17H21N3O2. The predicted molar refractivity (Wildman–Crippen MR) is 87.5 cm³/mol. The number of aromatic nitrogens is 1. The van der Waals surface area contributed by atoms with Crippen LogP contribution in [0.4, 0.5) is 5.69 Å². The van der Waals surface area contributed by atoms with Crippen LogP contribution in [0, 0.1) is 0 Å². The molecule has 1 aliphatic rings. The number of rotatable bonds is 4. The van der Waals surface area contributed by atoms with Gasteiger partial charge in [-0.15, -0.1) is 0 Å². The first-order chi connectivity index (χ1) is 10.7. The minimum absolute atomic E-state index is 0.0347. The van der Waals surface area contributed by atoms with Gasteiger partial charge in [-0.05, 0) is 23.8 Å². The van der Waals surface area contributed by atoms with Crippen LogP contribution in [0.2, 0.25) is 0 Å². The molecule has 1 aromatic carbocycles. The molecule has 0 radical (unpaired) electrons. The molecule has 1 aliphatic heterocycles. The zero-order valence-electron chi connectivity index (χ0n) is 12.8. The summed E-state index contributed by atoms with van der Waals surface area (Å²) in [5.41, 5.74) is 2.24. The third-order valence-corrected chi connectivity index (χ3v) is 4.04. The van der Waals surface area contributed by atoms with Crippen molar-refractivity contribution < 1.29 is 4.74 Å². The summed E-state index contributed by atoms with van der Waals surface area (Å²) in [7, 11) is 1.69. The zero-order chi connectivity index (χ0) is 15.4. The molecule has 1 aromatic heterocycles. The Morgan fingerprint density at radius 1 is 1.14 bits per heavy atom. The van der Waals surface area contributed by atoms with Gasteiger partial charge in [0.1, 0.15) is 5.75 Å². The molecule has 0 amide bonds. The van der Waals surface area contributed by atoms with Gasteiger partial charge in [0.05, 0.1) is 7.11 Å². The van der Waals surface area contributed by atoms with Gasteiger partial charge in [0.2, 0.25) is 5.56 Å². The van der Waals surface area contributed by atoms with E-state index in [1.807, 2.05) is 18.2 Å². The highest BCUT2D eigenvalue weighted by atomic mass is 16.5. The van der Waals surface area contributed by atoms with E-state index in [9.17, 15) is 4.79 Å². The van der Waals surface area contributed by atoms with E-state index in [-0.39, 0.29) is 5.56 Å². The summed E-state index contributed by atoms with van der Waals surface area (Å²) in [5, 5.41) is 0. The molecule has 5 heteroatoms. The highest BCUT2D eigenvalue weighted by Crippen LogP contribution is 2.22. The van der Waals surface area contributed by atoms with E-state index >= 15 is 0 Å². The first-order valence-corrected chi connectivity index (χ1v) is 7.53. The maximum absolute atomic E-state index is 11.3. The van der Waals surface area contributed by atoms with Crippen molar-refractivity contribution in [3.63, 3.8) is 0 Å². The number of piperazine rings is 1. The van der Waals surface area contributed by atoms with Gasteiger partial charge >= 0.3 is 0 Å². The first kappa shape index (κ1) is 14.7. The fourth-order valence-electron chi connectivity index (χ4n) is 2.82. The number of methoxy groups -OCH3 is 1. The zero-order valence-corrected chi connectivity index (χ0v) is 12.8. The first-order valence-electron chi connectivity index (χ1n) is 7.53. The lowest BCUT2D eigenvalue weighted by Crippen LogP contribution is -2.46. The van der Waals surface area contributed by atoms with Crippen molar-refractivity contribution in [1.82, 2.24) is 9.88 Å². The van der Waals surface area contributed by atoms with Crippen LogP contribution >= 0.6 is 0 Å². The second-order valence-corrected chi connectivity index (χ2v) is 5.53. The molecule has 2 heterocycles. The number of nitrogens with zero attached hydrogens (tertiary/aromatic N) is 2. The lowest BCUT2D eigenvalue weighted by molar-refractivity contribution is 0.249. The molecule has 1 fully saturated rings. The second kappa shape index (κ2) is 6.66. The van der Waals surface area contributed by atoms with Gasteiger partial charge in [0.15, 0.2) is 0 Å². The predicted octanol–water partition coefficient (Wildman–Crippen LogP) is 1.71. The SMILES string of the molecule is COc1cccc(N2CCN(Cc3cc[nH]c(=O)c3)CC2)c1. The van der Waals surface area contributed by atoms with Crippen molar-refractivity contribution in [3.05, 3.63) is 58.5 Å². The number of aromatic amines is 1. The number of anilines is 1. The van der Waals surface area contributed by atoms with Crippen LogP contribution in [0.15, 0.2) is 47.4 Å². The molecule has 2 aromatic rings. The van der Waals surface area contributed by atoms with E-state index < -0.39 is 0 Å². The van der Waals surface area contributed by atoms with Crippen LogP contribution in [-0.2, 0) is 6.54 Å². The number of ether oxygens (including phenoxy) is 1. The Morgan fingerprint density at radius 3 is 2.68 bits per heavy atom.